The molecule has 1 aliphatic carbocycles. The molecule has 0 spiro atoms. The molecular formula is C22H27FN4O2S. The number of aromatic nitrogens is 3. The van der Waals surface area contributed by atoms with E-state index in [9.17, 15) is 9.18 Å². The fraction of sp³-hybridized carbons (Fsp3) is 0.500. The molecule has 160 valence electrons. The summed E-state index contributed by atoms with van der Waals surface area (Å²) in [4.78, 5) is 20.2. The molecule has 30 heavy (non-hydrogen) atoms. The van der Waals surface area contributed by atoms with Crippen LogP contribution in [0, 0.1) is 5.82 Å². The molecule has 4 rings (SSSR count). The number of hydrogen-bond donors (Lipinski definition) is 0. The summed E-state index contributed by atoms with van der Waals surface area (Å²) in [5.41, 5.74) is 1.58. The Balaban J connectivity index is 1.54. The van der Waals surface area contributed by atoms with Gasteiger partial charge in [-0.1, -0.05) is 42.7 Å². The molecule has 1 fully saturated rings. The zero-order chi connectivity index (χ0) is 20.9. The molecule has 8 heteroatoms. The van der Waals surface area contributed by atoms with Gasteiger partial charge >= 0.3 is 0 Å². The molecule has 0 N–H and O–H groups in total. The standard InChI is InChI=1S/C22H27FN4O2S/c1-29-12-11-26(14-16-7-9-18(23)10-8-16)15-19-13-20(28)27-22(24-19)30-21(25-27)17-5-3-2-4-6-17/h7-10,13,17H,2-6,11-12,14-15H2,1H3. The van der Waals surface area contributed by atoms with Crippen LogP contribution < -0.4 is 5.56 Å². The Kier molecular flexibility index (Phi) is 6.86. The number of fused-ring (bicyclic) bond motifs is 1. The van der Waals surface area contributed by atoms with Crippen molar-refractivity contribution in [2.24, 2.45) is 0 Å². The van der Waals surface area contributed by atoms with Gasteiger partial charge in [0.25, 0.3) is 5.56 Å². The first-order valence-electron chi connectivity index (χ1n) is 10.5. The van der Waals surface area contributed by atoms with Crippen molar-refractivity contribution >= 4 is 16.3 Å². The van der Waals surface area contributed by atoms with Crippen LogP contribution in [-0.4, -0.2) is 39.8 Å². The average molecular weight is 431 g/mol. The highest BCUT2D eigenvalue weighted by Gasteiger charge is 2.21. The van der Waals surface area contributed by atoms with E-state index in [4.69, 9.17) is 9.72 Å². The first-order valence-corrected chi connectivity index (χ1v) is 11.3. The number of nitrogens with zero attached hydrogens (tertiary/aromatic N) is 4. The lowest BCUT2D eigenvalue weighted by Gasteiger charge is -2.21. The third-order valence-corrected chi connectivity index (χ3v) is 6.66. The maximum absolute atomic E-state index is 13.2. The molecule has 0 aliphatic heterocycles. The van der Waals surface area contributed by atoms with E-state index in [0.29, 0.717) is 37.1 Å². The minimum atomic E-state index is -0.249. The molecule has 0 bridgehead atoms. The van der Waals surface area contributed by atoms with E-state index in [0.717, 1.165) is 29.1 Å². The topological polar surface area (TPSA) is 59.7 Å². The van der Waals surface area contributed by atoms with E-state index < -0.39 is 0 Å². The third-order valence-electron chi connectivity index (χ3n) is 5.58. The summed E-state index contributed by atoms with van der Waals surface area (Å²) in [6.45, 7) is 2.39. The van der Waals surface area contributed by atoms with Crippen molar-refractivity contribution in [3.63, 3.8) is 0 Å². The fourth-order valence-electron chi connectivity index (χ4n) is 3.98. The first-order chi connectivity index (χ1) is 14.6. The summed E-state index contributed by atoms with van der Waals surface area (Å²) in [7, 11) is 1.66. The molecular weight excluding hydrogens is 403 g/mol. The molecule has 0 unspecified atom stereocenters. The maximum Gasteiger partial charge on any atom is 0.275 e. The average Bonchev–Trinajstić information content (AvgIpc) is 3.19. The lowest BCUT2D eigenvalue weighted by atomic mass is 9.90. The largest absolute Gasteiger partial charge is 0.383 e. The second-order valence-corrected chi connectivity index (χ2v) is 8.87. The van der Waals surface area contributed by atoms with Crippen molar-refractivity contribution in [1.82, 2.24) is 19.5 Å². The Labute approximate surface area is 179 Å². The van der Waals surface area contributed by atoms with Crippen LogP contribution in [0.4, 0.5) is 4.39 Å². The Hall–Kier alpha value is -2.16. The van der Waals surface area contributed by atoms with Crippen LogP contribution >= 0.6 is 11.3 Å². The molecule has 2 aromatic heterocycles. The highest BCUT2D eigenvalue weighted by atomic mass is 32.1. The first kappa shape index (κ1) is 21.1. The highest BCUT2D eigenvalue weighted by Crippen LogP contribution is 2.34. The van der Waals surface area contributed by atoms with Crippen LogP contribution in [0.25, 0.3) is 4.96 Å². The molecule has 3 aromatic rings. The lowest BCUT2D eigenvalue weighted by Crippen LogP contribution is -2.28. The lowest BCUT2D eigenvalue weighted by molar-refractivity contribution is 0.139. The predicted molar refractivity (Wildman–Crippen MR) is 115 cm³/mol. The summed E-state index contributed by atoms with van der Waals surface area (Å²) in [5.74, 6) is 0.200. The van der Waals surface area contributed by atoms with Gasteiger partial charge < -0.3 is 4.74 Å². The molecule has 1 saturated carbocycles. The van der Waals surface area contributed by atoms with Crippen molar-refractivity contribution < 1.29 is 9.13 Å². The van der Waals surface area contributed by atoms with Gasteiger partial charge in [0.15, 0.2) is 0 Å². The second-order valence-electron chi connectivity index (χ2n) is 7.89. The van der Waals surface area contributed by atoms with E-state index in [1.54, 1.807) is 25.3 Å². The van der Waals surface area contributed by atoms with Crippen LogP contribution in [0.15, 0.2) is 35.1 Å². The summed E-state index contributed by atoms with van der Waals surface area (Å²) in [5, 5.41) is 5.60. The summed E-state index contributed by atoms with van der Waals surface area (Å²) in [6, 6.07) is 8.05. The van der Waals surface area contributed by atoms with E-state index in [1.165, 1.54) is 47.2 Å². The van der Waals surface area contributed by atoms with Crippen LogP contribution in [0.1, 0.15) is 54.3 Å². The van der Waals surface area contributed by atoms with Gasteiger partial charge in [-0.3, -0.25) is 9.69 Å². The number of methoxy groups -OCH3 is 1. The van der Waals surface area contributed by atoms with Gasteiger partial charge in [0.05, 0.1) is 12.3 Å². The molecule has 0 amide bonds. The summed E-state index contributed by atoms with van der Waals surface area (Å²) >= 11 is 1.54. The Morgan fingerprint density at radius 2 is 1.97 bits per heavy atom. The highest BCUT2D eigenvalue weighted by molar-refractivity contribution is 7.16. The number of benzene rings is 1. The number of ether oxygens (including phenoxy) is 1. The van der Waals surface area contributed by atoms with Gasteiger partial charge in [0, 0.05) is 38.7 Å². The fourth-order valence-corrected chi connectivity index (χ4v) is 5.07. The van der Waals surface area contributed by atoms with Gasteiger partial charge in [0.2, 0.25) is 4.96 Å². The van der Waals surface area contributed by atoms with Gasteiger partial charge in [0.1, 0.15) is 10.8 Å². The number of rotatable bonds is 8. The third kappa shape index (κ3) is 5.11. The molecule has 2 heterocycles. The molecule has 1 aliphatic rings. The minimum Gasteiger partial charge on any atom is -0.383 e. The van der Waals surface area contributed by atoms with Crippen molar-refractivity contribution in [3.8, 4) is 0 Å². The van der Waals surface area contributed by atoms with Crippen LogP contribution in [0.5, 0.6) is 0 Å². The quantitative estimate of drug-likeness (QED) is 0.541. The molecule has 1 aromatic carbocycles. The Bertz CT molecular complexity index is 1030. The van der Waals surface area contributed by atoms with E-state index in [2.05, 4.69) is 10.00 Å². The van der Waals surface area contributed by atoms with Crippen molar-refractivity contribution in [1.29, 1.82) is 0 Å². The molecule has 0 radical (unpaired) electrons. The maximum atomic E-state index is 13.2. The zero-order valence-electron chi connectivity index (χ0n) is 17.2. The normalized spacial score (nSPS) is 15.3. The van der Waals surface area contributed by atoms with Crippen molar-refractivity contribution in [3.05, 3.63) is 62.8 Å². The monoisotopic (exact) mass is 430 g/mol. The Morgan fingerprint density at radius 3 is 2.70 bits per heavy atom. The number of halogens is 1. The zero-order valence-corrected chi connectivity index (χ0v) is 18.0. The van der Waals surface area contributed by atoms with Crippen molar-refractivity contribution in [2.75, 3.05) is 20.3 Å². The molecule has 0 atom stereocenters. The van der Waals surface area contributed by atoms with Crippen molar-refractivity contribution in [2.45, 2.75) is 51.1 Å². The smallest absolute Gasteiger partial charge is 0.275 e. The minimum absolute atomic E-state index is 0.137. The second kappa shape index (κ2) is 9.76. The van der Waals surface area contributed by atoms with E-state index >= 15 is 0 Å². The van der Waals surface area contributed by atoms with Gasteiger partial charge in [-0.25, -0.2) is 9.37 Å². The Morgan fingerprint density at radius 1 is 1.20 bits per heavy atom. The van der Waals surface area contributed by atoms with E-state index in [1.807, 2.05) is 0 Å². The SMILES string of the molecule is COCCN(Cc1ccc(F)cc1)Cc1cc(=O)n2nc(C3CCCCC3)sc2n1. The number of hydrogen-bond acceptors (Lipinski definition) is 6. The van der Waals surface area contributed by atoms with Gasteiger partial charge in [-0.2, -0.15) is 9.61 Å². The van der Waals surface area contributed by atoms with Crippen LogP contribution in [0.3, 0.4) is 0 Å². The predicted octanol–water partition coefficient (Wildman–Crippen LogP) is 3.99. The van der Waals surface area contributed by atoms with Crippen LogP contribution in [-0.2, 0) is 17.8 Å². The van der Waals surface area contributed by atoms with Gasteiger partial charge in [-0.15, -0.1) is 0 Å². The van der Waals surface area contributed by atoms with Crippen LogP contribution in [0.2, 0.25) is 0 Å². The summed E-state index contributed by atoms with van der Waals surface area (Å²) < 4.78 is 19.9. The van der Waals surface area contributed by atoms with E-state index in [-0.39, 0.29) is 11.4 Å². The molecule has 0 saturated heterocycles. The summed E-state index contributed by atoms with van der Waals surface area (Å²) in [6.07, 6.45) is 6.03. The van der Waals surface area contributed by atoms with Gasteiger partial charge in [-0.05, 0) is 30.5 Å². The molecule has 6 nitrogen and oxygen atoms in total.